The van der Waals surface area contributed by atoms with E-state index in [2.05, 4.69) is 33.0 Å². The first-order valence-corrected chi connectivity index (χ1v) is 7.87. The zero-order valence-corrected chi connectivity index (χ0v) is 13.9. The van der Waals surface area contributed by atoms with Gasteiger partial charge in [-0.1, -0.05) is 27.7 Å². The van der Waals surface area contributed by atoms with E-state index in [9.17, 15) is 9.90 Å². The van der Waals surface area contributed by atoms with Gasteiger partial charge in [-0.15, -0.1) is 0 Å². The maximum atomic E-state index is 11.9. The van der Waals surface area contributed by atoms with Gasteiger partial charge in [0.2, 0.25) is 5.91 Å². The van der Waals surface area contributed by atoms with Crippen LogP contribution in [0.5, 0.6) is 0 Å². The molecular formula is C16H34N2O2. The van der Waals surface area contributed by atoms with Crippen LogP contribution in [0.15, 0.2) is 0 Å². The number of nitrogens with two attached hydrogens (primary N) is 1. The number of hydrogen-bond donors (Lipinski definition) is 3. The second-order valence-electron chi connectivity index (χ2n) is 6.99. The Labute approximate surface area is 124 Å². The molecule has 0 fully saturated rings. The van der Waals surface area contributed by atoms with E-state index in [1.807, 2.05) is 0 Å². The quantitative estimate of drug-likeness (QED) is 0.577. The predicted molar refractivity (Wildman–Crippen MR) is 84.3 cm³/mol. The van der Waals surface area contributed by atoms with Crippen molar-refractivity contribution in [2.24, 2.45) is 23.5 Å². The van der Waals surface area contributed by atoms with Crippen LogP contribution in [0.3, 0.4) is 0 Å². The summed E-state index contributed by atoms with van der Waals surface area (Å²) in [7, 11) is 0. The number of carbonyl (C=O) groups excluding carboxylic acids is 1. The maximum Gasteiger partial charge on any atom is 0.220 e. The molecule has 4 heteroatoms. The van der Waals surface area contributed by atoms with Crippen LogP contribution in [-0.2, 0) is 4.79 Å². The Morgan fingerprint density at radius 1 is 1.25 bits per heavy atom. The van der Waals surface area contributed by atoms with Crippen LogP contribution < -0.4 is 11.1 Å². The fourth-order valence-electron chi connectivity index (χ4n) is 2.67. The molecule has 0 rings (SSSR count). The van der Waals surface area contributed by atoms with Gasteiger partial charge in [0.15, 0.2) is 0 Å². The Morgan fingerprint density at radius 2 is 1.85 bits per heavy atom. The molecule has 0 radical (unpaired) electrons. The summed E-state index contributed by atoms with van der Waals surface area (Å²) in [5, 5.41) is 13.0. The molecule has 0 bridgehead atoms. The number of amides is 1. The van der Waals surface area contributed by atoms with Gasteiger partial charge in [-0.05, 0) is 50.5 Å². The maximum absolute atomic E-state index is 11.9. The lowest BCUT2D eigenvalue weighted by molar-refractivity contribution is -0.122. The minimum Gasteiger partial charge on any atom is -0.388 e. The van der Waals surface area contributed by atoms with E-state index in [4.69, 9.17) is 5.73 Å². The lowest BCUT2D eigenvalue weighted by Crippen LogP contribution is -2.41. The summed E-state index contributed by atoms with van der Waals surface area (Å²) in [5.74, 6) is 1.49. The van der Waals surface area contributed by atoms with Crippen molar-refractivity contribution in [3.63, 3.8) is 0 Å². The number of nitrogens with one attached hydrogen (secondary N) is 1. The Balaban J connectivity index is 4.04. The average molecular weight is 286 g/mol. The van der Waals surface area contributed by atoms with Gasteiger partial charge in [0.1, 0.15) is 0 Å². The van der Waals surface area contributed by atoms with Crippen molar-refractivity contribution in [3.05, 3.63) is 0 Å². The van der Waals surface area contributed by atoms with Gasteiger partial charge in [0.05, 0.1) is 5.60 Å². The minimum absolute atomic E-state index is 0.0247. The molecule has 0 aromatic rings. The first-order chi connectivity index (χ1) is 9.18. The van der Waals surface area contributed by atoms with Crippen molar-refractivity contribution >= 4 is 5.91 Å². The Morgan fingerprint density at radius 3 is 2.30 bits per heavy atom. The van der Waals surface area contributed by atoms with Crippen molar-refractivity contribution in [3.8, 4) is 0 Å². The zero-order valence-electron chi connectivity index (χ0n) is 13.9. The molecule has 0 aliphatic rings. The topological polar surface area (TPSA) is 75.3 Å². The second kappa shape index (κ2) is 9.35. The van der Waals surface area contributed by atoms with Crippen LogP contribution >= 0.6 is 0 Å². The predicted octanol–water partition coefficient (Wildman–Crippen LogP) is 2.30. The molecular weight excluding hydrogens is 252 g/mol. The first-order valence-electron chi connectivity index (χ1n) is 7.87. The molecule has 4 N–H and O–H groups in total. The van der Waals surface area contributed by atoms with Gasteiger partial charge < -0.3 is 16.2 Å². The van der Waals surface area contributed by atoms with E-state index in [-0.39, 0.29) is 5.91 Å². The monoisotopic (exact) mass is 286 g/mol. The van der Waals surface area contributed by atoms with Gasteiger partial charge in [-0.25, -0.2) is 0 Å². The Kier molecular flexibility index (Phi) is 9.06. The second-order valence-corrected chi connectivity index (χ2v) is 6.99. The molecule has 20 heavy (non-hydrogen) atoms. The van der Waals surface area contributed by atoms with Gasteiger partial charge in [-0.3, -0.25) is 4.79 Å². The number of aliphatic hydroxyl groups is 1. The third kappa shape index (κ3) is 9.32. The van der Waals surface area contributed by atoms with Crippen molar-refractivity contribution in [2.45, 2.75) is 65.9 Å². The molecule has 0 saturated carbocycles. The molecule has 120 valence electrons. The SMILES string of the molecule is CC(C)CC(C)(O)CNC(=O)CCC(CCN)C(C)C. The number of rotatable bonds is 10. The van der Waals surface area contributed by atoms with Crippen molar-refractivity contribution in [1.29, 1.82) is 0 Å². The van der Waals surface area contributed by atoms with Crippen molar-refractivity contribution in [2.75, 3.05) is 13.1 Å². The summed E-state index contributed by atoms with van der Waals surface area (Å²) >= 11 is 0. The summed E-state index contributed by atoms with van der Waals surface area (Å²) in [6, 6.07) is 0. The Bertz CT molecular complexity index is 276. The average Bonchev–Trinajstić information content (AvgIpc) is 2.30. The lowest BCUT2D eigenvalue weighted by atomic mass is 9.88. The van der Waals surface area contributed by atoms with Crippen LogP contribution in [-0.4, -0.2) is 29.7 Å². The zero-order chi connectivity index (χ0) is 15.8. The summed E-state index contributed by atoms with van der Waals surface area (Å²) < 4.78 is 0. The molecule has 0 spiro atoms. The summed E-state index contributed by atoms with van der Waals surface area (Å²) in [6.45, 7) is 11.3. The largest absolute Gasteiger partial charge is 0.388 e. The van der Waals surface area contributed by atoms with Gasteiger partial charge in [0.25, 0.3) is 0 Å². The summed E-state index contributed by atoms with van der Waals surface area (Å²) in [6.07, 6.45) is 3.04. The molecule has 0 heterocycles. The highest BCUT2D eigenvalue weighted by Crippen LogP contribution is 2.20. The smallest absolute Gasteiger partial charge is 0.220 e. The standard InChI is InChI=1S/C16H34N2O2/c1-12(2)10-16(5,20)11-18-15(19)7-6-14(8-9-17)13(3)4/h12-14,20H,6-11,17H2,1-5H3,(H,18,19). The van der Waals surface area contributed by atoms with Crippen molar-refractivity contribution < 1.29 is 9.90 Å². The van der Waals surface area contributed by atoms with Gasteiger partial charge in [0, 0.05) is 13.0 Å². The van der Waals surface area contributed by atoms with Crippen LogP contribution in [0, 0.1) is 17.8 Å². The van der Waals surface area contributed by atoms with E-state index in [1.54, 1.807) is 6.92 Å². The molecule has 0 aliphatic carbocycles. The number of carbonyl (C=O) groups is 1. The van der Waals surface area contributed by atoms with Crippen LogP contribution in [0.1, 0.15) is 60.3 Å². The Hall–Kier alpha value is -0.610. The normalized spacial score (nSPS) is 16.2. The van der Waals surface area contributed by atoms with Gasteiger partial charge >= 0.3 is 0 Å². The fourth-order valence-corrected chi connectivity index (χ4v) is 2.67. The molecule has 4 nitrogen and oxygen atoms in total. The summed E-state index contributed by atoms with van der Waals surface area (Å²) in [4.78, 5) is 11.9. The molecule has 2 unspecified atom stereocenters. The molecule has 0 aliphatic heterocycles. The lowest BCUT2D eigenvalue weighted by Gasteiger charge is -2.26. The molecule has 0 aromatic heterocycles. The van der Waals surface area contributed by atoms with E-state index >= 15 is 0 Å². The minimum atomic E-state index is -0.821. The molecule has 2 atom stereocenters. The highest BCUT2D eigenvalue weighted by atomic mass is 16.3. The van der Waals surface area contributed by atoms with E-state index < -0.39 is 5.60 Å². The van der Waals surface area contributed by atoms with Crippen LogP contribution in [0.25, 0.3) is 0 Å². The van der Waals surface area contributed by atoms with E-state index in [0.717, 1.165) is 12.8 Å². The van der Waals surface area contributed by atoms with Crippen molar-refractivity contribution in [1.82, 2.24) is 5.32 Å². The highest BCUT2D eigenvalue weighted by molar-refractivity contribution is 5.75. The molecule has 0 saturated heterocycles. The molecule has 1 amide bonds. The van der Waals surface area contributed by atoms with Crippen LogP contribution in [0.2, 0.25) is 0 Å². The van der Waals surface area contributed by atoms with E-state index in [0.29, 0.717) is 43.7 Å². The first kappa shape index (κ1) is 19.4. The molecule has 0 aromatic carbocycles. The van der Waals surface area contributed by atoms with Gasteiger partial charge in [-0.2, -0.15) is 0 Å². The van der Waals surface area contributed by atoms with E-state index in [1.165, 1.54) is 0 Å². The number of hydrogen-bond acceptors (Lipinski definition) is 3. The van der Waals surface area contributed by atoms with Crippen LogP contribution in [0.4, 0.5) is 0 Å². The third-order valence-electron chi connectivity index (χ3n) is 3.74. The summed E-state index contributed by atoms with van der Waals surface area (Å²) in [5.41, 5.74) is 4.78. The third-order valence-corrected chi connectivity index (χ3v) is 3.74. The fraction of sp³-hybridized carbons (Fsp3) is 0.938. The highest BCUT2D eigenvalue weighted by Gasteiger charge is 2.22.